The maximum absolute atomic E-state index is 8.92. The summed E-state index contributed by atoms with van der Waals surface area (Å²) in [6.45, 7) is 4.95. The second kappa shape index (κ2) is 6.15. The van der Waals surface area contributed by atoms with Crippen LogP contribution in [0, 0.1) is 17.2 Å². The van der Waals surface area contributed by atoms with Gasteiger partial charge in [0.1, 0.15) is 0 Å². The number of nitrogens with one attached hydrogen (secondary N) is 1. The van der Waals surface area contributed by atoms with Crippen molar-refractivity contribution in [1.82, 2.24) is 10.3 Å². The molecule has 0 aliphatic heterocycles. The van der Waals surface area contributed by atoms with Crippen molar-refractivity contribution >= 4 is 0 Å². The average Bonchev–Trinajstić information content (AvgIpc) is 2.25. The molecule has 0 aromatic carbocycles. The first-order chi connectivity index (χ1) is 7.22. The predicted molar refractivity (Wildman–Crippen MR) is 59.9 cm³/mol. The number of hydrogen-bond donors (Lipinski definition) is 1. The highest BCUT2D eigenvalue weighted by atomic mass is 14.9. The van der Waals surface area contributed by atoms with Gasteiger partial charge in [0.2, 0.25) is 0 Å². The lowest BCUT2D eigenvalue weighted by Crippen LogP contribution is -2.28. The first-order valence-corrected chi connectivity index (χ1v) is 5.24. The Labute approximate surface area is 91.1 Å². The van der Waals surface area contributed by atoms with Crippen LogP contribution in [0.25, 0.3) is 0 Å². The quantitative estimate of drug-likeness (QED) is 0.797. The predicted octanol–water partition coefficient (Wildman–Crippen LogP) is 2.11. The minimum absolute atomic E-state index is 0.0646. The Morgan fingerprint density at radius 1 is 1.53 bits per heavy atom. The summed E-state index contributed by atoms with van der Waals surface area (Å²) in [4.78, 5) is 4.03. The van der Waals surface area contributed by atoms with Crippen LogP contribution < -0.4 is 5.32 Å². The van der Waals surface area contributed by atoms with Crippen LogP contribution in [-0.4, -0.2) is 11.0 Å². The van der Waals surface area contributed by atoms with Gasteiger partial charge in [-0.05, 0) is 24.0 Å². The molecule has 3 nitrogen and oxygen atoms in total. The molecule has 1 atom stereocenters. The molecule has 0 saturated carbocycles. The Morgan fingerprint density at radius 2 is 2.33 bits per heavy atom. The standard InChI is InChI=1S/C12H17N3/c1-10(2)6-12(7-13)15-9-11-4-3-5-14-8-11/h3-5,8,10,12,15H,6,9H2,1-2H3. The van der Waals surface area contributed by atoms with E-state index in [-0.39, 0.29) is 6.04 Å². The highest BCUT2D eigenvalue weighted by molar-refractivity contribution is 5.08. The van der Waals surface area contributed by atoms with Gasteiger partial charge >= 0.3 is 0 Å². The first-order valence-electron chi connectivity index (χ1n) is 5.24. The van der Waals surface area contributed by atoms with Crippen LogP contribution in [0.4, 0.5) is 0 Å². The number of hydrogen-bond acceptors (Lipinski definition) is 3. The van der Waals surface area contributed by atoms with Gasteiger partial charge in [-0.3, -0.25) is 10.3 Å². The molecule has 0 aliphatic rings. The summed E-state index contributed by atoms with van der Waals surface area (Å²) in [6, 6.07) is 6.11. The molecule has 3 heteroatoms. The first kappa shape index (κ1) is 11.7. The van der Waals surface area contributed by atoms with E-state index in [0.717, 1.165) is 12.0 Å². The Kier molecular flexibility index (Phi) is 4.79. The van der Waals surface area contributed by atoms with Gasteiger partial charge in [0, 0.05) is 18.9 Å². The average molecular weight is 203 g/mol. The molecule has 15 heavy (non-hydrogen) atoms. The fraction of sp³-hybridized carbons (Fsp3) is 0.500. The molecule has 0 saturated heterocycles. The van der Waals surface area contributed by atoms with Crippen LogP contribution >= 0.6 is 0 Å². The zero-order chi connectivity index (χ0) is 11.1. The fourth-order valence-corrected chi connectivity index (χ4v) is 1.40. The third kappa shape index (κ3) is 4.57. The van der Waals surface area contributed by atoms with Gasteiger partial charge in [0.15, 0.2) is 0 Å². The highest BCUT2D eigenvalue weighted by Gasteiger charge is 2.08. The third-order valence-electron chi connectivity index (χ3n) is 2.14. The van der Waals surface area contributed by atoms with Gasteiger partial charge in [0.25, 0.3) is 0 Å². The Balaban J connectivity index is 2.39. The number of aromatic nitrogens is 1. The van der Waals surface area contributed by atoms with Crippen LogP contribution in [0.2, 0.25) is 0 Å². The van der Waals surface area contributed by atoms with E-state index in [1.165, 1.54) is 0 Å². The van der Waals surface area contributed by atoms with Crippen molar-refractivity contribution in [2.75, 3.05) is 0 Å². The van der Waals surface area contributed by atoms with Crippen molar-refractivity contribution < 1.29 is 0 Å². The lowest BCUT2D eigenvalue weighted by atomic mass is 10.0. The normalized spacial score (nSPS) is 12.4. The van der Waals surface area contributed by atoms with E-state index in [2.05, 4.69) is 30.2 Å². The van der Waals surface area contributed by atoms with Crippen molar-refractivity contribution in [3.8, 4) is 6.07 Å². The van der Waals surface area contributed by atoms with E-state index in [1.54, 1.807) is 6.20 Å². The number of rotatable bonds is 5. The molecule has 0 fully saturated rings. The molecule has 80 valence electrons. The van der Waals surface area contributed by atoms with Gasteiger partial charge in [-0.15, -0.1) is 0 Å². The monoisotopic (exact) mass is 203 g/mol. The largest absolute Gasteiger partial charge is 0.298 e. The van der Waals surface area contributed by atoms with Crippen LogP contribution in [-0.2, 0) is 6.54 Å². The molecule has 1 aromatic rings. The molecule has 0 radical (unpaired) electrons. The molecule has 0 spiro atoms. The Morgan fingerprint density at radius 3 is 2.87 bits per heavy atom. The smallest absolute Gasteiger partial charge is 0.0958 e. The maximum atomic E-state index is 8.92. The Bertz CT molecular complexity index is 313. The van der Waals surface area contributed by atoms with Gasteiger partial charge in [0.05, 0.1) is 12.1 Å². The minimum atomic E-state index is -0.0646. The maximum Gasteiger partial charge on any atom is 0.0958 e. The van der Waals surface area contributed by atoms with Crippen LogP contribution in [0.3, 0.4) is 0 Å². The molecule has 1 rings (SSSR count). The Hall–Kier alpha value is -1.40. The van der Waals surface area contributed by atoms with Gasteiger partial charge < -0.3 is 0 Å². The van der Waals surface area contributed by atoms with E-state index >= 15 is 0 Å². The van der Waals surface area contributed by atoms with E-state index < -0.39 is 0 Å². The summed E-state index contributed by atoms with van der Waals surface area (Å²) in [7, 11) is 0. The lowest BCUT2D eigenvalue weighted by molar-refractivity contribution is 0.478. The van der Waals surface area contributed by atoms with Crippen molar-refractivity contribution in [3.63, 3.8) is 0 Å². The second-order valence-corrected chi connectivity index (χ2v) is 4.05. The summed E-state index contributed by atoms with van der Waals surface area (Å²) in [5.74, 6) is 0.538. The topological polar surface area (TPSA) is 48.7 Å². The number of pyridine rings is 1. The third-order valence-corrected chi connectivity index (χ3v) is 2.14. The van der Waals surface area contributed by atoms with Gasteiger partial charge in [-0.25, -0.2) is 0 Å². The van der Waals surface area contributed by atoms with E-state index in [4.69, 9.17) is 5.26 Å². The molecule has 1 heterocycles. The van der Waals surface area contributed by atoms with E-state index in [1.807, 2.05) is 18.3 Å². The zero-order valence-corrected chi connectivity index (χ0v) is 9.27. The molecular formula is C12H17N3. The lowest BCUT2D eigenvalue weighted by Gasteiger charge is -2.13. The van der Waals surface area contributed by atoms with E-state index in [0.29, 0.717) is 12.5 Å². The van der Waals surface area contributed by atoms with Crippen molar-refractivity contribution in [2.24, 2.45) is 5.92 Å². The van der Waals surface area contributed by atoms with Gasteiger partial charge in [-0.1, -0.05) is 19.9 Å². The van der Waals surface area contributed by atoms with Crippen LogP contribution in [0.1, 0.15) is 25.8 Å². The van der Waals surface area contributed by atoms with Crippen molar-refractivity contribution in [1.29, 1.82) is 5.26 Å². The molecule has 1 N–H and O–H groups in total. The molecule has 0 aliphatic carbocycles. The van der Waals surface area contributed by atoms with Crippen molar-refractivity contribution in [2.45, 2.75) is 32.9 Å². The summed E-state index contributed by atoms with van der Waals surface area (Å²) in [6.07, 6.45) is 4.45. The summed E-state index contributed by atoms with van der Waals surface area (Å²) in [5.41, 5.74) is 1.11. The molecular weight excluding hydrogens is 186 g/mol. The molecule has 0 amide bonds. The minimum Gasteiger partial charge on any atom is -0.298 e. The summed E-state index contributed by atoms with van der Waals surface area (Å²) >= 11 is 0. The number of nitriles is 1. The van der Waals surface area contributed by atoms with E-state index in [9.17, 15) is 0 Å². The zero-order valence-electron chi connectivity index (χ0n) is 9.27. The highest BCUT2D eigenvalue weighted by Crippen LogP contribution is 2.05. The SMILES string of the molecule is CC(C)CC(C#N)NCc1cccnc1. The molecule has 0 bridgehead atoms. The molecule has 1 aromatic heterocycles. The summed E-state index contributed by atoms with van der Waals surface area (Å²) < 4.78 is 0. The number of nitrogens with zero attached hydrogens (tertiary/aromatic N) is 2. The fourth-order valence-electron chi connectivity index (χ4n) is 1.40. The summed E-state index contributed by atoms with van der Waals surface area (Å²) in [5, 5.41) is 12.1. The van der Waals surface area contributed by atoms with Crippen molar-refractivity contribution in [3.05, 3.63) is 30.1 Å². The van der Waals surface area contributed by atoms with Crippen LogP contribution in [0.15, 0.2) is 24.5 Å². The second-order valence-electron chi connectivity index (χ2n) is 4.05. The van der Waals surface area contributed by atoms with Gasteiger partial charge in [-0.2, -0.15) is 5.26 Å². The molecule has 1 unspecified atom stereocenters. The van der Waals surface area contributed by atoms with Crippen LogP contribution in [0.5, 0.6) is 0 Å².